The molecule has 3 N–H and O–H groups in total. The highest BCUT2D eigenvalue weighted by atomic mass is 127. The van der Waals surface area contributed by atoms with Crippen molar-refractivity contribution in [3.05, 3.63) is 0 Å². The zero-order chi connectivity index (χ0) is 15.4. The first kappa shape index (κ1) is 22.7. The highest BCUT2D eigenvalue weighted by Crippen LogP contribution is 2.06. The van der Waals surface area contributed by atoms with E-state index < -0.39 is 0 Å². The monoisotopic (exact) mass is 412 g/mol. The molecule has 0 rings (SSSR count). The lowest BCUT2D eigenvalue weighted by molar-refractivity contribution is -0.119. The van der Waals surface area contributed by atoms with E-state index in [-0.39, 0.29) is 36.4 Å². The molecule has 0 aromatic carbocycles. The number of guanidine groups is 1. The minimum Gasteiger partial charge on any atom is -0.357 e. The average Bonchev–Trinajstić information content (AvgIpc) is 2.40. The van der Waals surface area contributed by atoms with Gasteiger partial charge in [0.15, 0.2) is 5.96 Å². The van der Waals surface area contributed by atoms with E-state index in [0.29, 0.717) is 18.5 Å². The van der Waals surface area contributed by atoms with Gasteiger partial charge >= 0.3 is 0 Å². The lowest BCUT2D eigenvalue weighted by Gasteiger charge is -2.18. The largest absolute Gasteiger partial charge is 0.357 e. The number of rotatable bonds is 9. The van der Waals surface area contributed by atoms with Gasteiger partial charge in [-0.3, -0.25) is 4.79 Å². The second-order valence-electron chi connectivity index (χ2n) is 5.56. The van der Waals surface area contributed by atoms with Crippen LogP contribution in [0.25, 0.3) is 0 Å². The van der Waals surface area contributed by atoms with Crippen LogP contribution in [0.15, 0.2) is 4.99 Å². The minimum absolute atomic E-state index is 0. The van der Waals surface area contributed by atoms with Crippen molar-refractivity contribution < 1.29 is 4.79 Å². The number of halogens is 1. The summed E-state index contributed by atoms with van der Waals surface area (Å²) in [6.07, 6.45) is 3.23. The molecule has 0 heterocycles. The van der Waals surface area contributed by atoms with Gasteiger partial charge in [-0.1, -0.05) is 20.8 Å². The van der Waals surface area contributed by atoms with Gasteiger partial charge in [0.2, 0.25) is 5.91 Å². The first-order chi connectivity index (χ1) is 9.49. The van der Waals surface area contributed by atoms with E-state index in [4.69, 9.17) is 0 Å². The highest BCUT2D eigenvalue weighted by Gasteiger charge is 2.07. The van der Waals surface area contributed by atoms with Gasteiger partial charge in [0.25, 0.3) is 0 Å². The maximum atomic E-state index is 11.5. The van der Waals surface area contributed by atoms with Crippen LogP contribution in [0.1, 0.15) is 53.9 Å². The Hall–Kier alpha value is -0.530. The van der Waals surface area contributed by atoms with E-state index in [1.54, 1.807) is 0 Å². The summed E-state index contributed by atoms with van der Waals surface area (Å²) in [6.45, 7) is 12.3. The van der Waals surface area contributed by atoms with Crippen molar-refractivity contribution in [2.75, 3.05) is 19.6 Å². The Bertz CT molecular complexity index is 295. The Morgan fingerprint density at radius 3 is 2.29 bits per heavy atom. The molecule has 0 aliphatic heterocycles. The molecule has 0 aromatic heterocycles. The molecule has 1 unspecified atom stereocenters. The van der Waals surface area contributed by atoms with Gasteiger partial charge in [-0.05, 0) is 39.0 Å². The minimum atomic E-state index is -0.0288. The molecule has 21 heavy (non-hydrogen) atoms. The molecule has 0 saturated carbocycles. The smallest absolute Gasteiger partial charge is 0.241 e. The first-order valence-corrected chi connectivity index (χ1v) is 7.81. The van der Waals surface area contributed by atoms with Crippen LogP contribution in [0.3, 0.4) is 0 Å². The average molecular weight is 412 g/mol. The Morgan fingerprint density at radius 2 is 1.76 bits per heavy atom. The second kappa shape index (κ2) is 14.4. The number of carbonyl (C=O) groups is 1. The summed E-state index contributed by atoms with van der Waals surface area (Å²) in [6, 6.07) is 0.355. The summed E-state index contributed by atoms with van der Waals surface area (Å²) >= 11 is 0. The molecule has 0 fully saturated rings. The number of hydrogen-bond acceptors (Lipinski definition) is 2. The number of carbonyl (C=O) groups excluding carboxylic acids is 1. The predicted molar refractivity (Wildman–Crippen MR) is 101 cm³/mol. The van der Waals surface area contributed by atoms with Crippen molar-refractivity contribution >= 4 is 35.8 Å². The van der Waals surface area contributed by atoms with Gasteiger partial charge in [0.05, 0.1) is 0 Å². The number of nitrogens with one attached hydrogen (secondary N) is 3. The molecule has 1 atom stereocenters. The standard InChI is InChI=1S/C15H32N4O.HI/c1-6-10-17-14(20)11-18-15(16-7-2)19-13(5)9-8-12(3)4;/h12-13H,6-11H2,1-5H3,(H,17,20)(H2,16,18,19);1H. The summed E-state index contributed by atoms with van der Waals surface area (Å²) < 4.78 is 0. The summed E-state index contributed by atoms with van der Waals surface area (Å²) in [7, 11) is 0. The Kier molecular flexibility index (Phi) is 15.6. The Morgan fingerprint density at radius 1 is 1.10 bits per heavy atom. The fraction of sp³-hybridized carbons (Fsp3) is 0.867. The number of hydrogen-bond donors (Lipinski definition) is 3. The van der Waals surface area contributed by atoms with Crippen molar-refractivity contribution in [1.82, 2.24) is 16.0 Å². The van der Waals surface area contributed by atoms with Crippen LogP contribution in [0.4, 0.5) is 0 Å². The van der Waals surface area contributed by atoms with Crippen LogP contribution in [0.5, 0.6) is 0 Å². The maximum absolute atomic E-state index is 11.5. The van der Waals surface area contributed by atoms with Crippen molar-refractivity contribution in [2.45, 2.75) is 59.9 Å². The van der Waals surface area contributed by atoms with E-state index >= 15 is 0 Å². The lowest BCUT2D eigenvalue weighted by Crippen LogP contribution is -2.43. The van der Waals surface area contributed by atoms with Gasteiger partial charge in [0, 0.05) is 19.1 Å². The molecule has 0 saturated heterocycles. The van der Waals surface area contributed by atoms with Crippen molar-refractivity contribution in [2.24, 2.45) is 10.9 Å². The molecule has 0 radical (unpaired) electrons. The zero-order valence-corrected chi connectivity index (χ0v) is 16.5. The topological polar surface area (TPSA) is 65.5 Å². The second-order valence-corrected chi connectivity index (χ2v) is 5.56. The third-order valence-electron chi connectivity index (χ3n) is 2.86. The van der Waals surface area contributed by atoms with Gasteiger partial charge in [-0.25, -0.2) is 4.99 Å². The van der Waals surface area contributed by atoms with Crippen LogP contribution in [0, 0.1) is 5.92 Å². The van der Waals surface area contributed by atoms with Crippen LogP contribution in [-0.4, -0.2) is 37.5 Å². The summed E-state index contributed by atoms with van der Waals surface area (Å²) in [5.74, 6) is 1.40. The first-order valence-electron chi connectivity index (χ1n) is 7.81. The van der Waals surface area contributed by atoms with Crippen LogP contribution < -0.4 is 16.0 Å². The molecular formula is C15H33IN4O. The Labute approximate surface area is 147 Å². The molecule has 0 aliphatic rings. The van der Waals surface area contributed by atoms with Gasteiger partial charge in [-0.15, -0.1) is 24.0 Å². The summed E-state index contributed by atoms with van der Waals surface area (Å²) in [5, 5.41) is 9.34. The highest BCUT2D eigenvalue weighted by molar-refractivity contribution is 14.0. The molecule has 1 amide bonds. The number of nitrogens with zero attached hydrogens (tertiary/aromatic N) is 1. The van der Waals surface area contributed by atoms with E-state index in [9.17, 15) is 4.79 Å². The molecule has 0 aliphatic carbocycles. The van der Waals surface area contributed by atoms with E-state index in [1.165, 1.54) is 6.42 Å². The fourth-order valence-corrected chi connectivity index (χ4v) is 1.68. The predicted octanol–water partition coefficient (Wildman–Crippen LogP) is 2.51. The molecule has 0 spiro atoms. The molecule has 5 nitrogen and oxygen atoms in total. The Balaban J connectivity index is 0. The molecule has 6 heteroatoms. The van der Waals surface area contributed by atoms with Crippen molar-refractivity contribution in [3.8, 4) is 0 Å². The molecule has 0 aromatic rings. The van der Waals surface area contributed by atoms with E-state index in [1.807, 2.05) is 13.8 Å². The molecular weight excluding hydrogens is 379 g/mol. The normalized spacial score (nSPS) is 12.6. The lowest BCUT2D eigenvalue weighted by atomic mass is 10.0. The summed E-state index contributed by atoms with van der Waals surface area (Å²) in [4.78, 5) is 15.9. The molecule has 126 valence electrons. The van der Waals surface area contributed by atoms with Gasteiger partial charge in [-0.2, -0.15) is 0 Å². The van der Waals surface area contributed by atoms with Crippen molar-refractivity contribution in [3.63, 3.8) is 0 Å². The van der Waals surface area contributed by atoms with Crippen LogP contribution >= 0.6 is 24.0 Å². The maximum Gasteiger partial charge on any atom is 0.241 e. The van der Waals surface area contributed by atoms with Gasteiger partial charge < -0.3 is 16.0 Å². The molecule has 0 bridgehead atoms. The van der Waals surface area contributed by atoms with Gasteiger partial charge in [0.1, 0.15) is 6.54 Å². The zero-order valence-electron chi connectivity index (χ0n) is 14.2. The van der Waals surface area contributed by atoms with Crippen LogP contribution in [0.2, 0.25) is 0 Å². The number of aliphatic imine (C=N–C) groups is 1. The fourth-order valence-electron chi connectivity index (χ4n) is 1.68. The van der Waals surface area contributed by atoms with E-state index in [2.05, 4.69) is 41.7 Å². The number of amides is 1. The third-order valence-corrected chi connectivity index (χ3v) is 2.86. The quantitative estimate of drug-likeness (QED) is 0.310. The third kappa shape index (κ3) is 14.2. The van der Waals surface area contributed by atoms with Crippen LogP contribution in [-0.2, 0) is 4.79 Å². The van der Waals surface area contributed by atoms with E-state index in [0.717, 1.165) is 25.3 Å². The van der Waals surface area contributed by atoms with Crippen molar-refractivity contribution in [1.29, 1.82) is 0 Å². The summed E-state index contributed by atoms with van der Waals surface area (Å²) in [5.41, 5.74) is 0. The SMILES string of the molecule is CCCNC(=O)CN=C(NCC)NC(C)CCC(C)C.I.